The van der Waals surface area contributed by atoms with E-state index in [0.29, 0.717) is 35.4 Å². The van der Waals surface area contributed by atoms with Gasteiger partial charge in [-0.2, -0.15) is 0 Å². The Morgan fingerprint density at radius 3 is 2.45 bits per heavy atom. The lowest BCUT2D eigenvalue weighted by Gasteiger charge is -2.35. The van der Waals surface area contributed by atoms with Crippen molar-refractivity contribution in [3.8, 4) is 0 Å². The van der Waals surface area contributed by atoms with Gasteiger partial charge in [0.1, 0.15) is 5.52 Å². The van der Waals surface area contributed by atoms with Crippen LogP contribution in [0.15, 0.2) is 35.3 Å². The SMILES string of the molecule is CC(C)Cn1cc(C(=O)N2C[C@H](C)C[C@H](C)C2)c2c3ccccc3n(C)c2c1=O. The summed E-state index contributed by atoms with van der Waals surface area (Å²) in [4.78, 5) is 29.0. The number of carbonyl (C=O) groups excluding carboxylic acids is 1. The van der Waals surface area contributed by atoms with Crippen molar-refractivity contribution < 1.29 is 4.79 Å². The Bertz CT molecular complexity index is 1130. The molecule has 1 amide bonds. The van der Waals surface area contributed by atoms with Crippen molar-refractivity contribution in [3.63, 3.8) is 0 Å². The number of piperidine rings is 1. The summed E-state index contributed by atoms with van der Waals surface area (Å²) in [6.07, 6.45) is 2.96. The third kappa shape index (κ3) is 3.37. The Kier molecular flexibility index (Phi) is 5.01. The second-order valence-electron chi connectivity index (χ2n) is 9.35. The van der Waals surface area contributed by atoms with Gasteiger partial charge in [0.2, 0.25) is 0 Å². The number of benzene rings is 1. The molecule has 3 heterocycles. The monoisotopic (exact) mass is 393 g/mol. The van der Waals surface area contributed by atoms with Crippen LogP contribution in [0.2, 0.25) is 0 Å². The Morgan fingerprint density at radius 2 is 1.79 bits per heavy atom. The maximum Gasteiger partial charge on any atom is 0.275 e. The Hall–Kier alpha value is -2.56. The van der Waals surface area contributed by atoms with Crippen LogP contribution < -0.4 is 5.56 Å². The van der Waals surface area contributed by atoms with Gasteiger partial charge >= 0.3 is 0 Å². The van der Waals surface area contributed by atoms with E-state index in [-0.39, 0.29) is 11.5 Å². The van der Waals surface area contributed by atoms with E-state index in [2.05, 4.69) is 27.7 Å². The quantitative estimate of drug-likeness (QED) is 0.667. The summed E-state index contributed by atoms with van der Waals surface area (Å²) in [7, 11) is 1.92. The first-order chi connectivity index (χ1) is 13.8. The highest BCUT2D eigenvalue weighted by Gasteiger charge is 2.29. The fourth-order valence-corrected chi connectivity index (χ4v) is 5.02. The van der Waals surface area contributed by atoms with Gasteiger partial charge in [-0.1, -0.05) is 45.9 Å². The fourth-order valence-electron chi connectivity index (χ4n) is 5.02. The molecule has 5 nitrogen and oxygen atoms in total. The van der Waals surface area contributed by atoms with Crippen LogP contribution in [0.3, 0.4) is 0 Å². The molecule has 5 heteroatoms. The molecule has 2 atom stereocenters. The van der Waals surface area contributed by atoms with E-state index in [1.165, 1.54) is 0 Å². The van der Waals surface area contributed by atoms with Crippen LogP contribution >= 0.6 is 0 Å². The summed E-state index contributed by atoms with van der Waals surface area (Å²) in [5, 5.41) is 1.77. The molecule has 1 aliphatic rings. The highest BCUT2D eigenvalue weighted by molar-refractivity contribution is 6.17. The summed E-state index contributed by atoms with van der Waals surface area (Å²) in [6, 6.07) is 7.98. The van der Waals surface area contributed by atoms with Gasteiger partial charge in [-0.05, 0) is 30.2 Å². The Labute approximate surface area is 171 Å². The van der Waals surface area contributed by atoms with Gasteiger partial charge in [-0.15, -0.1) is 0 Å². The average Bonchev–Trinajstić information content (AvgIpc) is 2.96. The van der Waals surface area contributed by atoms with E-state index in [1.807, 2.05) is 47.0 Å². The van der Waals surface area contributed by atoms with E-state index in [9.17, 15) is 9.59 Å². The van der Waals surface area contributed by atoms with Crippen LogP contribution in [-0.4, -0.2) is 33.0 Å². The second-order valence-corrected chi connectivity index (χ2v) is 9.35. The number of pyridine rings is 1. The number of aromatic nitrogens is 2. The molecule has 0 radical (unpaired) electrons. The van der Waals surface area contributed by atoms with Crippen molar-refractivity contribution in [3.05, 3.63) is 46.4 Å². The molecule has 1 saturated heterocycles. The van der Waals surface area contributed by atoms with Gasteiger partial charge in [0.15, 0.2) is 0 Å². The first-order valence-corrected chi connectivity index (χ1v) is 10.7. The predicted molar refractivity (Wildman–Crippen MR) is 118 cm³/mol. The van der Waals surface area contributed by atoms with Crippen molar-refractivity contribution in [2.24, 2.45) is 24.8 Å². The molecule has 4 rings (SSSR count). The zero-order valence-corrected chi connectivity index (χ0v) is 18.1. The molecule has 0 unspecified atom stereocenters. The lowest BCUT2D eigenvalue weighted by atomic mass is 9.91. The molecule has 1 aliphatic heterocycles. The summed E-state index contributed by atoms with van der Waals surface area (Å²) < 4.78 is 3.68. The number of nitrogens with zero attached hydrogens (tertiary/aromatic N) is 3. The lowest BCUT2D eigenvalue weighted by Crippen LogP contribution is -2.43. The lowest BCUT2D eigenvalue weighted by molar-refractivity contribution is 0.0624. The van der Waals surface area contributed by atoms with Gasteiger partial charge in [0.25, 0.3) is 11.5 Å². The molecular weight excluding hydrogens is 362 g/mol. The van der Waals surface area contributed by atoms with Crippen molar-refractivity contribution >= 4 is 27.7 Å². The van der Waals surface area contributed by atoms with Crippen LogP contribution in [0.4, 0.5) is 0 Å². The number of hydrogen-bond acceptors (Lipinski definition) is 2. The molecule has 3 aromatic rings. The van der Waals surface area contributed by atoms with Gasteiger partial charge < -0.3 is 14.0 Å². The first kappa shape index (κ1) is 19.7. The van der Waals surface area contributed by atoms with Crippen LogP contribution in [0.5, 0.6) is 0 Å². The minimum Gasteiger partial charge on any atom is -0.339 e. The summed E-state index contributed by atoms with van der Waals surface area (Å²) in [5.74, 6) is 1.35. The van der Waals surface area contributed by atoms with Crippen LogP contribution in [0, 0.1) is 17.8 Å². The van der Waals surface area contributed by atoms with Gasteiger partial charge in [-0.3, -0.25) is 9.59 Å². The van der Waals surface area contributed by atoms with Crippen molar-refractivity contribution in [1.29, 1.82) is 0 Å². The number of para-hydroxylation sites is 1. The minimum absolute atomic E-state index is 0.0238. The van der Waals surface area contributed by atoms with E-state index >= 15 is 0 Å². The zero-order chi connectivity index (χ0) is 20.9. The third-order valence-corrected chi connectivity index (χ3v) is 6.07. The van der Waals surface area contributed by atoms with Gasteiger partial charge in [-0.25, -0.2) is 0 Å². The van der Waals surface area contributed by atoms with E-state index < -0.39 is 0 Å². The summed E-state index contributed by atoms with van der Waals surface area (Å²) in [5.41, 5.74) is 2.23. The number of carbonyl (C=O) groups is 1. The molecule has 1 fully saturated rings. The van der Waals surface area contributed by atoms with E-state index in [1.54, 1.807) is 4.57 Å². The molecule has 29 heavy (non-hydrogen) atoms. The minimum atomic E-state index is -0.0238. The summed E-state index contributed by atoms with van der Waals surface area (Å²) in [6.45, 7) is 10.8. The number of aryl methyl sites for hydroxylation is 1. The molecule has 1 aromatic carbocycles. The second kappa shape index (κ2) is 7.36. The zero-order valence-electron chi connectivity index (χ0n) is 18.1. The number of amides is 1. The Balaban J connectivity index is 1.99. The summed E-state index contributed by atoms with van der Waals surface area (Å²) >= 11 is 0. The van der Waals surface area contributed by atoms with Crippen molar-refractivity contribution in [1.82, 2.24) is 14.0 Å². The van der Waals surface area contributed by atoms with E-state index in [0.717, 1.165) is 35.8 Å². The van der Waals surface area contributed by atoms with Crippen LogP contribution in [0.25, 0.3) is 21.8 Å². The van der Waals surface area contributed by atoms with Crippen molar-refractivity contribution in [2.75, 3.05) is 13.1 Å². The van der Waals surface area contributed by atoms with Gasteiger partial charge in [0.05, 0.1) is 5.56 Å². The molecule has 154 valence electrons. The molecule has 0 spiro atoms. The Morgan fingerprint density at radius 1 is 1.14 bits per heavy atom. The molecule has 0 bridgehead atoms. The first-order valence-electron chi connectivity index (χ1n) is 10.7. The molecule has 2 aromatic heterocycles. The predicted octanol–water partition coefficient (Wildman–Crippen LogP) is 4.27. The molecule has 0 aliphatic carbocycles. The molecule has 0 saturated carbocycles. The molecule has 0 N–H and O–H groups in total. The fraction of sp³-hybridized carbons (Fsp3) is 0.500. The number of likely N-dealkylation sites (tertiary alicyclic amines) is 1. The maximum absolute atomic E-state index is 13.7. The van der Waals surface area contributed by atoms with Crippen molar-refractivity contribution in [2.45, 2.75) is 40.7 Å². The topological polar surface area (TPSA) is 47.2 Å². The highest BCUT2D eigenvalue weighted by Crippen LogP contribution is 2.31. The maximum atomic E-state index is 13.7. The number of rotatable bonds is 3. The number of hydrogen-bond donors (Lipinski definition) is 0. The van der Waals surface area contributed by atoms with E-state index in [4.69, 9.17) is 0 Å². The number of fused-ring (bicyclic) bond motifs is 3. The average molecular weight is 394 g/mol. The van der Waals surface area contributed by atoms with Gasteiger partial charge in [0, 0.05) is 49.2 Å². The third-order valence-electron chi connectivity index (χ3n) is 6.07. The molecular formula is C24H31N3O2. The smallest absolute Gasteiger partial charge is 0.275 e. The van der Waals surface area contributed by atoms with Crippen LogP contribution in [-0.2, 0) is 13.6 Å². The van der Waals surface area contributed by atoms with Crippen LogP contribution in [0.1, 0.15) is 44.5 Å². The standard InChI is InChI=1S/C24H31N3O2/c1-15(2)11-26-14-19(23(28)27-12-16(3)10-17(4)13-27)21-18-8-6-7-9-20(18)25(5)22(21)24(26)29/h6-9,14-17H,10-13H2,1-5H3/t16-,17+. The largest absolute Gasteiger partial charge is 0.339 e. The highest BCUT2D eigenvalue weighted by atomic mass is 16.2. The normalized spacial score (nSPS) is 20.1.